The Morgan fingerprint density at radius 2 is 1.96 bits per heavy atom. The van der Waals surface area contributed by atoms with Gasteiger partial charge in [0, 0.05) is 13.1 Å². The molecular formula is C14H21N6O5P3+2. The number of allylic oxidation sites excluding steroid dienone is 2. The minimum Gasteiger partial charge on any atom is -0.368 e. The number of hydrogen-bond acceptors (Lipinski definition) is 10. The van der Waals surface area contributed by atoms with Crippen LogP contribution in [0.15, 0.2) is 31.1 Å². The largest absolute Gasteiger partial charge is 0.513 e. The second kappa shape index (κ2) is 9.96. The molecule has 0 aliphatic carbocycles. The average molecular weight is 446 g/mol. The molecule has 2 aromatic heterocycles. The third-order valence-corrected chi connectivity index (χ3v) is 7.66. The van der Waals surface area contributed by atoms with Gasteiger partial charge in [-0.25, -0.2) is 4.98 Å². The van der Waals surface area contributed by atoms with Crippen LogP contribution >= 0.6 is 23.7 Å². The van der Waals surface area contributed by atoms with Gasteiger partial charge >= 0.3 is 23.7 Å². The second-order valence-corrected chi connectivity index (χ2v) is 10.1. The molecule has 2 unspecified atom stereocenters. The molecule has 0 aromatic carbocycles. The molecule has 0 amide bonds. The first-order valence-corrected chi connectivity index (χ1v) is 13.0. The lowest BCUT2D eigenvalue weighted by molar-refractivity contribution is 0.397. The molecule has 2 rings (SSSR count). The van der Waals surface area contributed by atoms with Crippen molar-refractivity contribution in [2.24, 2.45) is 0 Å². The Labute approximate surface area is 163 Å². The molecule has 14 heteroatoms. The van der Waals surface area contributed by atoms with Crippen molar-refractivity contribution in [2.45, 2.75) is 6.54 Å². The zero-order chi connectivity index (χ0) is 20.7. The predicted molar refractivity (Wildman–Crippen MR) is 109 cm³/mol. The number of rotatable bonds is 11. The Morgan fingerprint density at radius 3 is 2.57 bits per heavy atom. The Bertz CT molecular complexity index is 956. The van der Waals surface area contributed by atoms with Crippen molar-refractivity contribution in [1.29, 1.82) is 0 Å². The van der Waals surface area contributed by atoms with Gasteiger partial charge in [-0.3, -0.25) is 4.57 Å². The molecule has 2 atom stereocenters. The molecule has 11 nitrogen and oxygen atoms in total. The average Bonchev–Trinajstić information content (AvgIpc) is 2.98. The molecular weight excluding hydrogens is 425 g/mol. The predicted octanol–water partition coefficient (Wildman–Crippen LogP) is 3.53. The highest BCUT2D eigenvalue weighted by atomic mass is 31.3. The topological polar surface area (TPSA) is 151 Å². The first-order valence-electron chi connectivity index (χ1n) is 8.02. The minimum atomic E-state index is -3.76. The monoisotopic (exact) mass is 446 g/mol. The van der Waals surface area contributed by atoms with Gasteiger partial charge in [0.25, 0.3) is 0 Å². The highest BCUT2D eigenvalue weighted by Crippen LogP contribution is 2.59. The highest BCUT2D eigenvalue weighted by molar-refractivity contribution is 7.66. The molecule has 2 aromatic rings. The van der Waals surface area contributed by atoms with E-state index in [2.05, 4.69) is 26.8 Å². The SMILES string of the molecule is C=CCNc1nc(N)nc2c1ncn2C/C=C/CP(=O)(O[P+](C)=O)O[P+](C)=O. The zero-order valence-corrected chi connectivity index (χ0v) is 18.1. The van der Waals surface area contributed by atoms with Crippen LogP contribution in [0.4, 0.5) is 11.8 Å². The molecule has 0 radical (unpaired) electrons. The van der Waals surface area contributed by atoms with E-state index in [1.54, 1.807) is 23.0 Å². The van der Waals surface area contributed by atoms with Crippen molar-refractivity contribution in [3.63, 3.8) is 0 Å². The van der Waals surface area contributed by atoms with Crippen LogP contribution < -0.4 is 11.1 Å². The Morgan fingerprint density at radius 1 is 1.29 bits per heavy atom. The molecule has 0 bridgehead atoms. The van der Waals surface area contributed by atoms with Crippen LogP contribution in [0.1, 0.15) is 0 Å². The Kier molecular flexibility index (Phi) is 7.92. The van der Waals surface area contributed by atoms with Crippen LogP contribution in [0.25, 0.3) is 11.2 Å². The first-order chi connectivity index (χ1) is 13.2. The van der Waals surface area contributed by atoms with Crippen molar-refractivity contribution < 1.29 is 22.3 Å². The first kappa shape index (κ1) is 22.3. The normalized spacial score (nSPS) is 14.8. The summed E-state index contributed by atoms with van der Waals surface area (Å²) in [5, 5.41) is 3.05. The van der Waals surface area contributed by atoms with Crippen molar-refractivity contribution in [1.82, 2.24) is 19.5 Å². The molecule has 150 valence electrons. The number of nitrogens with zero attached hydrogens (tertiary/aromatic N) is 4. The molecule has 0 saturated heterocycles. The number of hydrogen-bond donors (Lipinski definition) is 2. The summed E-state index contributed by atoms with van der Waals surface area (Å²) in [4.78, 5) is 12.6. The number of imidazole rings is 1. The second-order valence-electron chi connectivity index (χ2n) is 5.48. The standard InChI is InChI=1S/C14H21N6O5P3/c1-4-7-16-12-11-13(19-14(15)18-12)20(10-17-11)8-5-6-9-28(23,24-26(2)21)25-27(3)22/h4-6,10H,1,7-9H2,2-3H3,(H3,15,16,18,19)/q+2/b6-5+. The number of nitrogens with two attached hydrogens (primary N) is 1. The quantitative estimate of drug-likeness (QED) is 0.387. The summed E-state index contributed by atoms with van der Waals surface area (Å²) in [6.07, 6.45) is 6.29. The van der Waals surface area contributed by atoms with Gasteiger partial charge < -0.3 is 15.6 Å². The minimum absolute atomic E-state index is 0.0922. The molecule has 0 aliphatic rings. The lowest BCUT2D eigenvalue weighted by atomic mass is 10.4. The fourth-order valence-corrected chi connectivity index (χ4v) is 6.34. The van der Waals surface area contributed by atoms with Crippen LogP contribution in [0, 0.1) is 0 Å². The van der Waals surface area contributed by atoms with E-state index in [1.165, 1.54) is 19.4 Å². The molecule has 0 aliphatic heterocycles. The summed E-state index contributed by atoms with van der Waals surface area (Å²) in [5.74, 6) is 0.588. The number of anilines is 2. The smallest absolute Gasteiger partial charge is 0.368 e. The van der Waals surface area contributed by atoms with Crippen molar-refractivity contribution in [3.05, 3.63) is 31.1 Å². The lowest BCUT2D eigenvalue weighted by Gasteiger charge is -2.05. The number of nitrogen functional groups attached to an aromatic ring is 1. The third kappa shape index (κ3) is 6.26. The summed E-state index contributed by atoms with van der Waals surface area (Å²) in [6.45, 7) is 6.96. The summed E-state index contributed by atoms with van der Waals surface area (Å²) >= 11 is 0. The van der Waals surface area contributed by atoms with Gasteiger partial charge in [-0.05, 0) is 9.13 Å². The van der Waals surface area contributed by atoms with Crippen LogP contribution in [-0.4, -0.2) is 45.6 Å². The van der Waals surface area contributed by atoms with E-state index < -0.39 is 23.7 Å². The van der Waals surface area contributed by atoms with E-state index in [9.17, 15) is 13.7 Å². The fourth-order valence-electron chi connectivity index (χ4n) is 2.21. The maximum absolute atomic E-state index is 12.5. The Balaban J connectivity index is 2.15. The molecule has 0 saturated carbocycles. The van der Waals surface area contributed by atoms with E-state index >= 15 is 0 Å². The fraction of sp³-hybridized carbons (Fsp3) is 0.357. The van der Waals surface area contributed by atoms with Crippen molar-refractivity contribution in [3.8, 4) is 0 Å². The maximum Gasteiger partial charge on any atom is 0.513 e. The van der Waals surface area contributed by atoms with Gasteiger partial charge in [-0.15, -0.1) is 6.58 Å². The summed E-state index contributed by atoms with van der Waals surface area (Å²) in [6, 6.07) is 0. The summed E-state index contributed by atoms with van der Waals surface area (Å²) in [7, 11) is -8.10. The maximum atomic E-state index is 12.5. The lowest BCUT2D eigenvalue weighted by Crippen LogP contribution is -2.06. The molecule has 2 heterocycles. The van der Waals surface area contributed by atoms with E-state index in [-0.39, 0.29) is 12.1 Å². The number of aromatic nitrogens is 4. The van der Waals surface area contributed by atoms with Gasteiger partial charge in [0.2, 0.25) is 5.95 Å². The van der Waals surface area contributed by atoms with Crippen LogP contribution in [-0.2, 0) is 28.9 Å². The van der Waals surface area contributed by atoms with Gasteiger partial charge in [0.05, 0.1) is 12.5 Å². The van der Waals surface area contributed by atoms with Crippen LogP contribution in [0.5, 0.6) is 0 Å². The van der Waals surface area contributed by atoms with Gasteiger partial charge in [-0.1, -0.05) is 26.8 Å². The van der Waals surface area contributed by atoms with E-state index in [0.717, 1.165) is 0 Å². The van der Waals surface area contributed by atoms with Gasteiger partial charge in [-0.2, -0.15) is 9.97 Å². The van der Waals surface area contributed by atoms with Crippen molar-refractivity contribution >= 4 is 46.6 Å². The molecule has 3 N–H and O–H groups in total. The van der Waals surface area contributed by atoms with Gasteiger partial charge in [0.15, 0.2) is 30.3 Å². The number of nitrogens with one attached hydrogen (secondary N) is 1. The molecule has 28 heavy (non-hydrogen) atoms. The third-order valence-electron chi connectivity index (χ3n) is 3.17. The highest BCUT2D eigenvalue weighted by Gasteiger charge is 2.39. The summed E-state index contributed by atoms with van der Waals surface area (Å²) < 4.78 is 46.4. The molecule has 0 fully saturated rings. The van der Waals surface area contributed by atoms with E-state index in [1.807, 2.05) is 0 Å². The van der Waals surface area contributed by atoms with E-state index in [4.69, 9.17) is 14.4 Å². The number of fused-ring (bicyclic) bond motifs is 1. The van der Waals surface area contributed by atoms with Crippen LogP contribution in [0.3, 0.4) is 0 Å². The summed E-state index contributed by atoms with van der Waals surface area (Å²) in [5.41, 5.74) is 6.83. The van der Waals surface area contributed by atoms with Gasteiger partial charge in [0.1, 0.15) is 0 Å². The van der Waals surface area contributed by atoms with E-state index in [0.29, 0.717) is 30.1 Å². The van der Waals surface area contributed by atoms with Crippen LogP contribution in [0.2, 0.25) is 0 Å². The zero-order valence-electron chi connectivity index (χ0n) is 15.4. The van der Waals surface area contributed by atoms with Crippen molar-refractivity contribution in [2.75, 3.05) is 37.1 Å². The Hall–Kier alpha value is -2.02. The molecule has 0 spiro atoms.